The molecule has 0 saturated heterocycles. The highest BCUT2D eigenvalue weighted by molar-refractivity contribution is 5.53. The van der Waals surface area contributed by atoms with Gasteiger partial charge in [-0.3, -0.25) is 0 Å². The highest BCUT2D eigenvalue weighted by Gasteiger charge is 2.15. The number of benzene rings is 1. The average Bonchev–Trinajstić information content (AvgIpc) is 2.23. The van der Waals surface area contributed by atoms with Crippen LogP contribution in [-0.2, 0) is 0 Å². The van der Waals surface area contributed by atoms with Crippen LogP contribution in [0.15, 0.2) is 35.9 Å². The van der Waals surface area contributed by atoms with E-state index < -0.39 is 0 Å². The van der Waals surface area contributed by atoms with Gasteiger partial charge < -0.3 is 5.11 Å². The zero-order valence-electron chi connectivity index (χ0n) is 8.32. The fraction of sp³-hybridized carbons (Fsp3) is 0.385. The van der Waals surface area contributed by atoms with E-state index in [9.17, 15) is 5.11 Å². The molecule has 1 aromatic rings. The summed E-state index contributed by atoms with van der Waals surface area (Å²) in [5, 5.41) is 9.76. The van der Waals surface area contributed by atoms with Gasteiger partial charge in [0.25, 0.3) is 0 Å². The summed E-state index contributed by atoms with van der Waals surface area (Å²) in [4.78, 5) is 0. The lowest BCUT2D eigenvalue weighted by Crippen LogP contribution is -2.14. The van der Waals surface area contributed by atoms with Gasteiger partial charge >= 0.3 is 0 Å². The fourth-order valence-electron chi connectivity index (χ4n) is 1.95. The topological polar surface area (TPSA) is 20.2 Å². The quantitative estimate of drug-likeness (QED) is 0.718. The Labute approximate surface area is 85.1 Å². The van der Waals surface area contributed by atoms with Crippen molar-refractivity contribution < 1.29 is 5.11 Å². The van der Waals surface area contributed by atoms with Gasteiger partial charge in [0, 0.05) is 0 Å². The second kappa shape index (κ2) is 4.43. The van der Waals surface area contributed by atoms with E-state index in [1.807, 2.05) is 18.2 Å². The maximum atomic E-state index is 9.76. The highest BCUT2D eigenvalue weighted by atomic mass is 16.3. The molecule has 74 valence electrons. The van der Waals surface area contributed by atoms with Crippen molar-refractivity contribution in [3.05, 3.63) is 41.5 Å². The zero-order chi connectivity index (χ0) is 9.80. The van der Waals surface area contributed by atoms with Crippen LogP contribution in [0, 0.1) is 0 Å². The number of aliphatic hydroxyl groups excluding tert-OH is 1. The monoisotopic (exact) mass is 188 g/mol. The Kier molecular flexibility index (Phi) is 3.00. The molecule has 0 spiro atoms. The minimum absolute atomic E-state index is 0.205. The summed E-state index contributed by atoms with van der Waals surface area (Å²) in [7, 11) is 0. The fourth-order valence-corrected chi connectivity index (χ4v) is 1.95. The van der Waals surface area contributed by atoms with Crippen LogP contribution < -0.4 is 0 Å². The van der Waals surface area contributed by atoms with Crippen molar-refractivity contribution >= 4 is 6.08 Å². The van der Waals surface area contributed by atoms with E-state index in [0.29, 0.717) is 0 Å². The van der Waals surface area contributed by atoms with Crippen LogP contribution in [0.3, 0.4) is 0 Å². The van der Waals surface area contributed by atoms with E-state index in [4.69, 9.17) is 0 Å². The van der Waals surface area contributed by atoms with Crippen molar-refractivity contribution in [1.29, 1.82) is 0 Å². The molecule has 1 aromatic carbocycles. The van der Waals surface area contributed by atoms with E-state index in [1.54, 1.807) is 0 Å². The lowest BCUT2D eigenvalue weighted by Gasteiger charge is -2.20. The molecule has 0 aliphatic heterocycles. The molecule has 1 fully saturated rings. The predicted octanol–water partition coefficient (Wildman–Crippen LogP) is 3.00. The van der Waals surface area contributed by atoms with Crippen LogP contribution in [0.4, 0.5) is 0 Å². The van der Waals surface area contributed by atoms with Gasteiger partial charge in [-0.2, -0.15) is 0 Å². The van der Waals surface area contributed by atoms with E-state index in [2.05, 4.69) is 18.2 Å². The maximum absolute atomic E-state index is 9.76. The third-order valence-electron chi connectivity index (χ3n) is 2.77. The summed E-state index contributed by atoms with van der Waals surface area (Å²) >= 11 is 0. The summed E-state index contributed by atoms with van der Waals surface area (Å²) in [5.41, 5.74) is 2.39. The van der Waals surface area contributed by atoms with Gasteiger partial charge in [0.2, 0.25) is 0 Å². The first-order chi connectivity index (χ1) is 6.86. The van der Waals surface area contributed by atoms with Crippen molar-refractivity contribution in [3.63, 3.8) is 0 Å². The summed E-state index contributed by atoms with van der Waals surface area (Å²) in [5.74, 6) is 0. The number of aliphatic hydroxyl groups is 1. The SMILES string of the molecule is O[C@@H]1CCCC/C1=C\c1ccccc1. The zero-order valence-corrected chi connectivity index (χ0v) is 8.32. The molecule has 0 amide bonds. The standard InChI is InChI=1S/C13H16O/c14-13-9-5-4-8-12(13)10-11-6-2-1-3-7-11/h1-3,6-7,10,13-14H,4-5,8-9H2/b12-10+/t13-/m1/s1. The number of hydrogen-bond acceptors (Lipinski definition) is 1. The van der Waals surface area contributed by atoms with Gasteiger partial charge in [0.1, 0.15) is 0 Å². The Bertz CT molecular complexity index is 313. The third kappa shape index (κ3) is 2.24. The number of rotatable bonds is 1. The Morgan fingerprint density at radius 1 is 1.14 bits per heavy atom. The first-order valence-electron chi connectivity index (χ1n) is 5.30. The molecule has 1 aliphatic rings. The van der Waals surface area contributed by atoms with Crippen LogP contribution in [0.2, 0.25) is 0 Å². The van der Waals surface area contributed by atoms with Crippen molar-refractivity contribution in [2.75, 3.05) is 0 Å². The summed E-state index contributed by atoms with van der Waals surface area (Å²) < 4.78 is 0. The smallest absolute Gasteiger partial charge is 0.0753 e. The molecule has 0 radical (unpaired) electrons. The molecular formula is C13H16O. The highest BCUT2D eigenvalue weighted by Crippen LogP contribution is 2.25. The normalized spacial score (nSPS) is 25.2. The molecule has 1 atom stereocenters. The van der Waals surface area contributed by atoms with Crippen molar-refractivity contribution in [1.82, 2.24) is 0 Å². The Hall–Kier alpha value is -1.08. The molecule has 14 heavy (non-hydrogen) atoms. The molecule has 1 nitrogen and oxygen atoms in total. The molecule has 1 aliphatic carbocycles. The van der Waals surface area contributed by atoms with Gasteiger partial charge in [0.05, 0.1) is 6.10 Å². The summed E-state index contributed by atoms with van der Waals surface area (Å²) in [6, 6.07) is 10.2. The Morgan fingerprint density at radius 2 is 1.93 bits per heavy atom. The second-order valence-corrected chi connectivity index (χ2v) is 3.89. The van der Waals surface area contributed by atoms with Crippen LogP contribution in [0.25, 0.3) is 6.08 Å². The first kappa shape index (κ1) is 9.47. The van der Waals surface area contributed by atoms with Gasteiger partial charge in [-0.1, -0.05) is 42.8 Å². The first-order valence-corrected chi connectivity index (χ1v) is 5.30. The van der Waals surface area contributed by atoms with Gasteiger partial charge in [0.15, 0.2) is 0 Å². The molecule has 1 heteroatoms. The molecule has 1 N–H and O–H groups in total. The largest absolute Gasteiger partial charge is 0.389 e. The van der Waals surface area contributed by atoms with E-state index in [1.165, 1.54) is 17.6 Å². The van der Waals surface area contributed by atoms with Gasteiger partial charge in [-0.05, 0) is 30.4 Å². The van der Waals surface area contributed by atoms with E-state index in [0.717, 1.165) is 19.3 Å². The Balaban J connectivity index is 2.17. The number of hydrogen-bond donors (Lipinski definition) is 1. The maximum Gasteiger partial charge on any atom is 0.0753 e. The lowest BCUT2D eigenvalue weighted by molar-refractivity contribution is 0.180. The molecular weight excluding hydrogens is 172 g/mol. The van der Waals surface area contributed by atoms with Crippen molar-refractivity contribution in [2.24, 2.45) is 0 Å². The van der Waals surface area contributed by atoms with Crippen LogP contribution >= 0.6 is 0 Å². The second-order valence-electron chi connectivity index (χ2n) is 3.89. The molecule has 0 aromatic heterocycles. The van der Waals surface area contributed by atoms with Gasteiger partial charge in [-0.15, -0.1) is 0 Å². The van der Waals surface area contributed by atoms with Crippen LogP contribution in [-0.4, -0.2) is 11.2 Å². The van der Waals surface area contributed by atoms with Crippen molar-refractivity contribution in [3.8, 4) is 0 Å². The summed E-state index contributed by atoms with van der Waals surface area (Å²) in [6.07, 6.45) is 6.28. The van der Waals surface area contributed by atoms with Gasteiger partial charge in [-0.25, -0.2) is 0 Å². The predicted molar refractivity (Wildman–Crippen MR) is 58.9 cm³/mol. The third-order valence-corrected chi connectivity index (χ3v) is 2.77. The average molecular weight is 188 g/mol. The summed E-state index contributed by atoms with van der Waals surface area (Å²) in [6.45, 7) is 0. The molecule has 0 heterocycles. The van der Waals surface area contributed by atoms with Crippen LogP contribution in [0.5, 0.6) is 0 Å². The van der Waals surface area contributed by atoms with E-state index >= 15 is 0 Å². The van der Waals surface area contributed by atoms with Crippen molar-refractivity contribution in [2.45, 2.75) is 31.8 Å². The minimum atomic E-state index is -0.205. The van der Waals surface area contributed by atoms with Crippen LogP contribution in [0.1, 0.15) is 31.2 Å². The van der Waals surface area contributed by atoms with E-state index in [-0.39, 0.29) is 6.10 Å². The molecule has 0 unspecified atom stereocenters. The molecule has 1 saturated carbocycles. The molecule has 2 rings (SSSR count). The minimum Gasteiger partial charge on any atom is -0.389 e. The Morgan fingerprint density at radius 3 is 2.64 bits per heavy atom. The molecule has 0 bridgehead atoms. The lowest BCUT2D eigenvalue weighted by atomic mass is 9.91.